The molecule has 72 valence electrons. The zero-order valence-corrected chi connectivity index (χ0v) is 9.90. The van der Waals surface area contributed by atoms with Crippen molar-refractivity contribution in [2.24, 2.45) is 11.7 Å². The van der Waals surface area contributed by atoms with Gasteiger partial charge in [-0.2, -0.15) is 0 Å². The SMILES string of the molecule is NC(CC1CCC1)c1sccc1Br. The van der Waals surface area contributed by atoms with Crippen molar-refractivity contribution >= 4 is 27.3 Å². The van der Waals surface area contributed by atoms with Gasteiger partial charge in [0.2, 0.25) is 0 Å². The van der Waals surface area contributed by atoms with E-state index < -0.39 is 0 Å². The molecule has 0 spiro atoms. The number of halogens is 1. The first-order valence-corrected chi connectivity index (χ1v) is 6.43. The van der Waals surface area contributed by atoms with Crippen LogP contribution in [-0.2, 0) is 0 Å². The molecule has 1 saturated carbocycles. The van der Waals surface area contributed by atoms with Gasteiger partial charge in [-0.05, 0) is 39.7 Å². The van der Waals surface area contributed by atoms with E-state index in [0.29, 0.717) is 0 Å². The van der Waals surface area contributed by atoms with E-state index >= 15 is 0 Å². The highest BCUT2D eigenvalue weighted by molar-refractivity contribution is 9.10. The standard InChI is InChI=1S/C10H14BrNS/c11-8-4-5-13-10(8)9(12)6-7-2-1-3-7/h4-5,7,9H,1-3,6,12H2. The minimum atomic E-state index is 0.250. The normalized spacial score (nSPS) is 19.8. The molecule has 1 aromatic heterocycles. The Morgan fingerprint density at radius 2 is 2.38 bits per heavy atom. The average molecular weight is 260 g/mol. The highest BCUT2D eigenvalue weighted by atomic mass is 79.9. The number of hydrogen-bond donors (Lipinski definition) is 1. The highest BCUT2D eigenvalue weighted by Gasteiger charge is 2.22. The Kier molecular flexibility index (Phi) is 3.06. The summed E-state index contributed by atoms with van der Waals surface area (Å²) in [5.74, 6) is 0.893. The molecule has 1 unspecified atom stereocenters. The van der Waals surface area contributed by atoms with Gasteiger partial charge in [-0.25, -0.2) is 0 Å². The Labute approximate surface area is 91.5 Å². The van der Waals surface area contributed by atoms with Gasteiger partial charge in [0.05, 0.1) is 0 Å². The van der Waals surface area contributed by atoms with Crippen molar-refractivity contribution in [2.45, 2.75) is 31.7 Å². The van der Waals surface area contributed by atoms with Gasteiger partial charge in [0.15, 0.2) is 0 Å². The Bertz CT molecular complexity index is 280. The molecule has 1 atom stereocenters. The van der Waals surface area contributed by atoms with Crippen molar-refractivity contribution in [3.63, 3.8) is 0 Å². The van der Waals surface area contributed by atoms with E-state index in [2.05, 4.69) is 27.4 Å². The monoisotopic (exact) mass is 259 g/mol. The van der Waals surface area contributed by atoms with E-state index in [1.807, 2.05) is 0 Å². The van der Waals surface area contributed by atoms with E-state index in [-0.39, 0.29) is 6.04 Å². The van der Waals surface area contributed by atoms with E-state index in [9.17, 15) is 0 Å². The van der Waals surface area contributed by atoms with Gasteiger partial charge >= 0.3 is 0 Å². The van der Waals surface area contributed by atoms with E-state index in [0.717, 1.165) is 5.92 Å². The second kappa shape index (κ2) is 4.11. The maximum Gasteiger partial charge on any atom is 0.0403 e. The molecule has 1 aliphatic rings. The molecule has 1 aromatic rings. The van der Waals surface area contributed by atoms with Gasteiger partial charge in [-0.15, -0.1) is 11.3 Å². The van der Waals surface area contributed by atoms with Crippen LogP contribution < -0.4 is 5.73 Å². The zero-order valence-electron chi connectivity index (χ0n) is 7.50. The summed E-state index contributed by atoms with van der Waals surface area (Å²) in [5.41, 5.74) is 6.13. The van der Waals surface area contributed by atoms with Crippen LogP contribution in [0.25, 0.3) is 0 Å². The Balaban J connectivity index is 1.96. The van der Waals surface area contributed by atoms with Crippen LogP contribution in [0.4, 0.5) is 0 Å². The lowest BCUT2D eigenvalue weighted by Crippen LogP contribution is -2.19. The molecular weight excluding hydrogens is 246 g/mol. The average Bonchev–Trinajstić information content (AvgIpc) is 2.43. The van der Waals surface area contributed by atoms with Crippen LogP contribution in [0.2, 0.25) is 0 Å². The molecule has 1 heterocycles. The van der Waals surface area contributed by atoms with Crippen LogP contribution in [0.1, 0.15) is 36.6 Å². The summed E-state index contributed by atoms with van der Waals surface area (Å²) >= 11 is 5.29. The van der Waals surface area contributed by atoms with Crippen LogP contribution in [0.5, 0.6) is 0 Å². The molecule has 0 amide bonds. The van der Waals surface area contributed by atoms with Gasteiger partial charge in [-0.3, -0.25) is 0 Å². The molecule has 1 fully saturated rings. The van der Waals surface area contributed by atoms with Crippen molar-refractivity contribution in [1.29, 1.82) is 0 Å². The number of thiophene rings is 1. The first-order valence-electron chi connectivity index (χ1n) is 4.76. The largest absolute Gasteiger partial charge is 0.323 e. The summed E-state index contributed by atoms with van der Waals surface area (Å²) in [6, 6.07) is 2.33. The smallest absolute Gasteiger partial charge is 0.0403 e. The Morgan fingerprint density at radius 3 is 2.85 bits per heavy atom. The minimum Gasteiger partial charge on any atom is -0.323 e. The topological polar surface area (TPSA) is 26.0 Å². The van der Waals surface area contributed by atoms with Gasteiger partial charge in [-0.1, -0.05) is 19.3 Å². The van der Waals surface area contributed by atoms with Crippen molar-refractivity contribution in [2.75, 3.05) is 0 Å². The molecule has 0 bridgehead atoms. The molecule has 1 aliphatic carbocycles. The summed E-state index contributed by atoms with van der Waals surface area (Å²) in [6.45, 7) is 0. The molecule has 0 aliphatic heterocycles. The van der Waals surface area contributed by atoms with Gasteiger partial charge in [0.25, 0.3) is 0 Å². The molecule has 0 aromatic carbocycles. The fraction of sp³-hybridized carbons (Fsp3) is 0.600. The van der Waals surface area contributed by atoms with E-state index in [1.165, 1.54) is 35.0 Å². The third-order valence-corrected chi connectivity index (χ3v) is 4.80. The first-order chi connectivity index (χ1) is 6.27. The minimum absolute atomic E-state index is 0.250. The molecule has 0 radical (unpaired) electrons. The third kappa shape index (κ3) is 2.14. The molecule has 3 heteroatoms. The first kappa shape index (κ1) is 9.69. The maximum atomic E-state index is 6.13. The molecular formula is C10H14BrNS. The summed E-state index contributed by atoms with van der Waals surface area (Å²) in [5, 5.41) is 2.10. The number of hydrogen-bond acceptors (Lipinski definition) is 2. The summed E-state index contributed by atoms with van der Waals surface area (Å²) in [7, 11) is 0. The molecule has 13 heavy (non-hydrogen) atoms. The molecule has 2 rings (SSSR count). The predicted octanol–water partition coefficient (Wildman–Crippen LogP) is 3.70. The summed E-state index contributed by atoms with van der Waals surface area (Å²) < 4.78 is 1.18. The van der Waals surface area contributed by atoms with Crippen LogP contribution >= 0.6 is 27.3 Å². The van der Waals surface area contributed by atoms with E-state index in [1.54, 1.807) is 11.3 Å². The van der Waals surface area contributed by atoms with Crippen molar-refractivity contribution in [1.82, 2.24) is 0 Å². The lowest BCUT2D eigenvalue weighted by Gasteiger charge is -2.27. The fourth-order valence-corrected chi connectivity index (χ4v) is 3.45. The highest BCUT2D eigenvalue weighted by Crippen LogP contribution is 2.37. The summed E-state index contributed by atoms with van der Waals surface area (Å²) in [4.78, 5) is 1.31. The molecule has 0 saturated heterocycles. The predicted molar refractivity (Wildman–Crippen MR) is 60.9 cm³/mol. The van der Waals surface area contributed by atoms with Crippen LogP contribution in [0.15, 0.2) is 15.9 Å². The van der Waals surface area contributed by atoms with Crippen LogP contribution in [-0.4, -0.2) is 0 Å². The second-order valence-electron chi connectivity index (χ2n) is 3.77. The van der Waals surface area contributed by atoms with Crippen molar-refractivity contribution in [3.8, 4) is 0 Å². The van der Waals surface area contributed by atoms with Gasteiger partial charge in [0.1, 0.15) is 0 Å². The quantitative estimate of drug-likeness (QED) is 0.881. The zero-order chi connectivity index (χ0) is 9.26. The Morgan fingerprint density at radius 1 is 1.62 bits per heavy atom. The van der Waals surface area contributed by atoms with Gasteiger partial charge in [0, 0.05) is 15.4 Å². The van der Waals surface area contributed by atoms with Gasteiger partial charge < -0.3 is 5.73 Å². The molecule has 1 nitrogen and oxygen atoms in total. The number of nitrogens with two attached hydrogens (primary N) is 1. The lowest BCUT2D eigenvalue weighted by atomic mass is 9.81. The van der Waals surface area contributed by atoms with Crippen molar-refractivity contribution < 1.29 is 0 Å². The van der Waals surface area contributed by atoms with Crippen molar-refractivity contribution in [3.05, 3.63) is 20.8 Å². The maximum absolute atomic E-state index is 6.13. The van der Waals surface area contributed by atoms with E-state index in [4.69, 9.17) is 5.73 Å². The fourth-order valence-electron chi connectivity index (χ4n) is 1.76. The lowest BCUT2D eigenvalue weighted by molar-refractivity contribution is 0.278. The molecule has 2 N–H and O–H groups in total. The summed E-state index contributed by atoms with van der Waals surface area (Å²) in [6.07, 6.45) is 5.34. The Hall–Kier alpha value is 0.140. The second-order valence-corrected chi connectivity index (χ2v) is 5.57. The third-order valence-electron chi connectivity index (χ3n) is 2.79. The van der Waals surface area contributed by atoms with Crippen LogP contribution in [0.3, 0.4) is 0 Å². The number of rotatable bonds is 3. The van der Waals surface area contributed by atoms with Crippen LogP contribution in [0, 0.1) is 5.92 Å².